The van der Waals surface area contributed by atoms with Gasteiger partial charge in [-0.05, 0) is 45.7 Å². The summed E-state index contributed by atoms with van der Waals surface area (Å²) in [6.07, 6.45) is 4.83. The Morgan fingerprint density at radius 2 is 1.79 bits per heavy atom. The van der Waals surface area contributed by atoms with Gasteiger partial charge in [0.25, 0.3) is 0 Å². The minimum Gasteiger partial charge on any atom is -0.481 e. The lowest BCUT2D eigenvalue weighted by Crippen LogP contribution is -2.32. The van der Waals surface area contributed by atoms with Crippen LogP contribution in [0.15, 0.2) is 0 Å². The lowest BCUT2D eigenvalue weighted by atomic mass is 9.84. The third-order valence-corrected chi connectivity index (χ3v) is 3.01. The summed E-state index contributed by atoms with van der Waals surface area (Å²) >= 11 is 0. The molecular weight excluding hydrogens is 202 g/mol. The van der Waals surface area contributed by atoms with Gasteiger partial charge in [-0.25, -0.2) is 0 Å². The number of hydrogen-bond acceptors (Lipinski definition) is 2. The van der Waals surface area contributed by atoms with Crippen molar-refractivity contribution in [3.8, 4) is 0 Å². The number of rotatable bonds is 3. The molecule has 1 fully saturated rings. The summed E-state index contributed by atoms with van der Waals surface area (Å²) in [7, 11) is 4.20. The van der Waals surface area contributed by atoms with Gasteiger partial charge in [0, 0.05) is 12.5 Å². The predicted molar refractivity (Wildman–Crippen MR) is 58.9 cm³/mol. The Labute approximate surface area is 91.9 Å². The number of hydrogen-bond donors (Lipinski definition) is 1. The Kier molecular flexibility index (Phi) is 6.12. The van der Waals surface area contributed by atoms with Gasteiger partial charge in [0.2, 0.25) is 0 Å². The average molecular weight is 222 g/mol. The molecule has 1 saturated carbocycles. The van der Waals surface area contributed by atoms with E-state index in [1.807, 2.05) is 0 Å². The predicted octanol–water partition coefficient (Wildman–Crippen LogP) is 2.00. The smallest absolute Gasteiger partial charge is 0.303 e. The van der Waals surface area contributed by atoms with E-state index in [1.165, 1.54) is 0 Å². The third-order valence-electron chi connectivity index (χ3n) is 3.01. The Morgan fingerprint density at radius 3 is 2.14 bits per heavy atom. The van der Waals surface area contributed by atoms with Crippen LogP contribution in [0.5, 0.6) is 0 Å². The normalized spacial score (nSPS) is 27.1. The molecule has 3 nitrogen and oxygen atoms in total. The molecule has 1 N–H and O–H groups in total. The van der Waals surface area contributed by atoms with Crippen molar-refractivity contribution in [1.82, 2.24) is 4.90 Å². The second kappa shape index (κ2) is 6.25. The fourth-order valence-electron chi connectivity index (χ4n) is 2.11. The van der Waals surface area contributed by atoms with E-state index < -0.39 is 5.97 Å². The summed E-state index contributed by atoms with van der Waals surface area (Å²) in [4.78, 5) is 12.7. The lowest BCUT2D eigenvalue weighted by molar-refractivity contribution is -0.138. The lowest BCUT2D eigenvalue weighted by Gasteiger charge is -2.31. The Morgan fingerprint density at radius 1 is 1.29 bits per heavy atom. The van der Waals surface area contributed by atoms with Gasteiger partial charge in [-0.1, -0.05) is 0 Å². The second-order valence-corrected chi connectivity index (χ2v) is 4.24. The zero-order valence-corrected chi connectivity index (χ0v) is 9.72. The first kappa shape index (κ1) is 13.7. The number of carboxylic acids is 1. The van der Waals surface area contributed by atoms with E-state index in [0.29, 0.717) is 18.4 Å². The molecule has 0 aliphatic heterocycles. The van der Waals surface area contributed by atoms with Crippen LogP contribution in [0.4, 0.5) is 0 Å². The molecule has 0 heterocycles. The molecule has 1 rings (SSSR count). The Hall–Kier alpha value is -0.280. The molecule has 0 spiro atoms. The van der Waals surface area contributed by atoms with Crippen LogP contribution in [-0.4, -0.2) is 36.1 Å². The molecular formula is C10H20ClNO2. The molecule has 0 aromatic heterocycles. The maximum Gasteiger partial charge on any atom is 0.303 e. The summed E-state index contributed by atoms with van der Waals surface area (Å²) in [5.41, 5.74) is 0. The van der Waals surface area contributed by atoms with Gasteiger partial charge in [-0.2, -0.15) is 0 Å². The van der Waals surface area contributed by atoms with Crippen molar-refractivity contribution in [3.05, 3.63) is 0 Å². The number of nitrogens with zero attached hydrogens (tertiary/aromatic N) is 1. The molecule has 0 radical (unpaired) electrons. The quantitative estimate of drug-likeness (QED) is 0.793. The van der Waals surface area contributed by atoms with Crippen LogP contribution in [0.1, 0.15) is 32.1 Å². The highest BCUT2D eigenvalue weighted by Crippen LogP contribution is 2.28. The minimum absolute atomic E-state index is 0. The van der Waals surface area contributed by atoms with Crippen LogP contribution < -0.4 is 0 Å². The van der Waals surface area contributed by atoms with Gasteiger partial charge >= 0.3 is 5.97 Å². The Bertz CT molecular complexity index is 177. The first-order valence-corrected chi connectivity index (χ1v) is 4.98. The molecule has 0 aromatic carbocycles. The first-order valence-electron chi connectivity index (χ1n) is 4.98. The molecule has 0 saturated heterocycles. The van der Waals surface area contributed by atoms with Crippen molar-refractivity contribution in [2.24, 2.45) is 5.92 Å². The molecule has 0 bridgehead atoms. The monoisotopic (exact) mass is 221 g/mol. The molecule has 0 amide bonds. The highest BCUT2D eigenvalue weighted by molar-refractivity contribution is 5.85. The van der Waals surface area contributed by atoms with Crippen LogP contribution in [0.3, 0.4) is 0 Å². The summed E-state index contributed by atoms with van der Waals surface area (Å²) in [6.45, 7) is 0. The molecule has 4 heteroatoms. The van der Waals surface area contributed by atoms with E-state index >= 15 is 0 Å². The van der Waals surface area contributed by atoms with Crippen molar-refractivity contribution in [2.75, 3.05) is 14.1 Å². The van der Waals surface area contributed by atoms with Crippen molar-refractivity contribution >= 4 is 18.4 Å². The van der Waals surface area contributed by atoms with E-state index in [4.69, 9.17) is 5.11 Å². The third kappa shape index (κ3) is 4.29. The van der Waals surface area contributed by atoms with Crippen molar-refractivity contribution < 1.29 is 9.90 Å². The van der Waals surface area contributed by atoms with Crippen molar-refractivity contribution in [3.63, 3.8) is 0 Å². The number of carbonyl (C=O) groups is 1. The topological polar surface area (TPSA) is 40.5 Å². The summed E-state index contributed by atoms with van der Waals surface area (Å²) in [5, 5.41) is 8.63. The van der Waals surface area contributed by atoms with Crippen LogP contribution >= 0.6 is 12.4 Å². The molecule has 0 aromatic rings. The van der Waals surface area contributed by atoms with Gasteiger partial charge in [0.15, 0.2) is 0 Å². The Balaban J connectivity index is 0.00000169. The molecule has 0 atom stereocenters. The van der Waals surface area contributed by atoms with Crippen LogP contribution in [0, 0.1) is 5.92 Å². The number of halogens is 1. The summed E-state index contributed by atoms with van der Waals surface area (Å²) < 4.78 is 0. The van der Waals surface area contributed by atoms with Crippen molar-refractivity contribution in [1.29, 1.82) is 0 Å². The summed E-state index contributed by atoms with van der Waals surface area (Å²) in [6, 6.07) is 0.671. The highest BCUT2D eigenvalue weighted by Gasteiger charge is 2.23. The summed E-state index contributed by atoms with van der Waals surface area (Å²) in [5.74, 6) is -0.220. The first-order chi connectivity index (χ1) is 6.09. The zero-order valence-electron chi connectivity index (χ0n) is 8.90. The van der Waals surface area contributed by atoms with E-state index in [-0.39, 0.29) is 12.4 Å². The zero-order chi connectivity index (χ0) is 9.84. The largest absolute Gasteiger partial charge is 0.481 e. The van der Waals surface area contributed by atoms with Gasteiger partial charge < -0.3 is 10.0 Å². The van der Waals surface area contributed by atoms with E-state index in [0.717, 1.165) is 25.7 Å². The van der Waals surface area contributed by atoms with E-state index in [2.05, 4.69) is 19.0 Å². The molecule has 14 heavy (non-hydrogen) atoms. The van der Waals surface area contributed by atoms with E-state index in [1.54, 1.807) is 0 Å². The fraction of sp³-hybridized carbons (Fsp3) is 0.900. The number of carboxylic acid groups (broad SMARTS) is 1. The minimum atomic E-state index is -0.645. The highest BCUT2D eigenvalue weighted by atomic mass is 35.5. The van der Waals surface area contributed by atoms with Crippen molar-refractivity contribution in [2.45, 2.75) is 38.1 Å². The van der Waals surface area contributed by atoms with Crippen LogP contribution in [0.25, 0.3) is 0 Å². The standard InChI is InChI=1S/C10H19NO2.ClH/c1-11(2)9-5-3-8(4-6-9)7-10(12)13;/h8-9H,3-7H2,1-2H3,(H,12,13);1H. The fourth-order valence-corrected chi connectivity index (χ4v) is 2.11. The van der Waals surface area contributed by atoms with Gasteiger partial charge in [-0.15, -0.1) is 12.4 Å². The molecule has 0 unspecified atom stereocenters. The molecule has 84 valence electrons. The molecule has 1 aliphatic rings. The SMILES string of the molecule is CN(C)C1CCC(CC(=O)O)CC1.Cl. The van der Waals surface area contributed by atoms with Gasteiger partial charge in [-0.3, -0.25) is 4.79 Å². The number of aliphatic carboxylic acids is 1. The maximum atomic E-state index is 10.5. The van der Waals surface area contributed by atoms with Crippen LogP contribution in [0.2, 0.25) is 0 Å². The second-order valence-electron chi connectivity index (χ2n) is 4.24. The van der Waals surface area contributed by atoms with Gasteiger partial charge in [0.05, 0.1) is 0 Å². The van der Waals surface area contributed by atoms with E-state index in [9.17, 15) is 4.79 Å². The van der Waals surface area contributed by atoms with Crippen LogP contribution in [-0.2, 0) is 4.79 Å². The maximum absolute atomic E-state index is 10.5. The molecule has 1 aliphatic carbocycles. The average Bonchev–Trinajstić information content (AvgIpc) is 2.04. The van der Waals surface area contributed by atoms with Gasteiger partial charge in [0.1, 0.15) is 0 Å².